The van der Waals surface area contributed by atoms with Crippen LogP contribution in [0.1, 0.15) is 30.9 Å². The molecule has 1 aliphatic carbocycles. The summed E-state index contributed by atoms with van der Waals surface area (Å²) in [6.07, 6.45) is 2.86. The van der Waals surface area contributed by atoms with Gasteiger partial charge in [-0.1, -0.05) is 31.2 Å². The second-order valence-electron chi connectivity index (χ2n) is 6.94. The average Bonchev–Trinajstić information content (AvgIpc) is 3.51. The fourth-order valence-electron chi connectivity index (χ4n) is 3.04. The van der Waals surface area contributed by atoms with Gasteiger partial charge in [-0.3, -0.25) is 9.59 Å². The van der Waals surface area contributed by atoms with E-state index in [9.17, 15) is 9.59 Å². The Morgan fingerprint density at radius 2 is 1.59 bits per heavy atom. The summed E-state index contributed by atoms with van der Waals surface area (Å²) in [6.45, 7) is 2.59. The first-order valence-electron chi connectivity index (χ1n) is 9.39. The van der Waals surface area contributed by atoms with Crippen LogP contribution >= 0.6 is 0 Å². The number of carbonyl (C=O) groups is 2. The fourth-order valence-corrected chi connectivity index (χ4v) is 3.04. The van der Waals surface area contributed by atoms with Crippen LogP contribution in [0.15, 0.2) is 48.5 Å². The van der Waals surface area contributed by atoms with Gasteiger partial charge in [0.15, 0.2) is 0 Å². The van der Waals surface area contributed by atoms with Gasteiger partial charge in [0.2, 0.25) is 11.8 Å². The summed E-state index contributed by atoms with van der Waals surface area (Å²) in [5, 5.41) is 5.80. The molecule has 27 heavy (non-hydrogen) atoms. The molecule has 0 saturated heterocycles. The fraction of sp³-hybridized carbons (Fsp3) is 0.364. The van der Waals surface area contributed by atoms with Gasteiger partial charge in [-0.05, 0) is 61.1 Å². The van der Waals surface area contributed by atoms with Crippen molar-refractivity contribution in [2.45, 2.75) is 32.6 Å². The number of hydrogen-bond acceptors (Lipinski definition) is 3. The molecule has 2 amide bonds. The first-order chi connectivity index (χ1) is 13.1. The maximum Gasteiger partial charge on any atom is 0.240 e. The summed E-state index contributed by atoms with van der Waals surface area (Å²) in [5.41, 5.74) is 2.14. The normalized spacial score (nSPS) is 14.3. The zero-order valence-electron chi connectivity index (χ0n) is 15.9. The number of nitrogens with one attached hydrogen (secondary N) is 2. The van der Waals surface area contributed by atoms with E-state index < -0.39 is 5.41 Å². The largest absolute Gasteiger partial charge is 0.497 e. The predicted molar refractivity (Wildman–Crippen MR) is 106 cm³/mol. The van der Waals surface area contributed by atoms with Crippen molar-refractivity contribution in [3.05, 3.63) is 59.7 Å². The first kappa shape index (κ1) is 19.0. The molecule has 0 aliphatic heterocycles. The topological polar surface area (TPSA) is 67.4 Å². The second-order valence-corrected chi connectivity index (χ2v) is 6.94. The van der Waals surface area contributed by atoms with Crippen molar-refractivity contribution in [2.75, 3.05) is 19.0 Å². The summed E-state index contributed by atoms with van der Waals surface area (Å²) in [5.74, 6) is 0.413. The molecule has 0 radical (unpaired) electrons. The van der Waals surface area contributed by atoms with E-state index in [1.165, 1.54) is 5.56 Å². The third kappa shape index (κ3) is 4.48. The summed E-state index contributed by atoms with van der Waals surface area (Å²) in [4.78, 5) is 25.2. The highest BCUT2D eigenvalue weighted by Gasteiger charge is 2.56. The number of ether oxygens (including phenoxy) is 1. The SMILES string of the molecule is CCc1ccc(NC(=O)C2(C(=O)NCCc3ccc(OC)cc3)CC2)cc1. The summed E-state index contributed by atoms with van der Waals surface area (Å²) in [6, 6.07) is 15.5. The van der Waals surface area contributed by atoms with Gasteiger partial charge in [-0.15, -0.1) is 0 Å². The molecule has 0 aromatic heterocycles. The van der Waals surface area contributed by atoms with Gasteiger partial charge in [0.05, 0.1) is 7.11 Å². The third-order valence-corrected chi connectivity index (χ3v) is 5.10. The van der Waals surface area contributed by atoms with Crippen LogP contribution in [-0.4, -0.2) is 25.5 Å². The number of anilines is 1. The molecule has 0 unspecified atom stereocenters. The van der Waals surface area contributed by atoms with Crippen molar-refractivity contribution < 1.29 is 14.3 Å². The highest BCUT2D eigenvalue weighted by molar-refractivity contribution is 6.13. The van der Waals surface area contributed by atoms with Crippen molar-refractivity contribution in [3.63, 3.8) is 0 Å². The lowest BCUT2D eigenvalue weighted by Crippen LogP contribution is -2.40. The average molecular weight is 366 g/mol. The Morgan fingerprint density at radius 1 is 0.963 bits per heavy atom. The molecule has 1 aliphatic rings. The van der Waals surface area contributed by atoms with Gasteiger partial charge in [0.25, 0.3) is 0 Å². The minimum Gasteiger partial charge on any atom is -0.497 e. The van der Waals surface area contributed by atoms with Gasteiger partial charge in [0.1, 0.15) is 11.2 Å². The van der Waals surface area contributed by atoms with Crippen LogP contribution in [0.25, 0.3) is 0 Å². The Bertz CT molecular complexity index is 793. The minimum atomic E-state index is -0.913. The third-order valence-electron chi connectivity index (χ3n) is 5.10. The zero-order chi connectivity index (χ0) is 19.3. The molecule has 142 valence electrons. The molecule has 0 spiro atoms. The van der Waals surface area contributed by atoms with Gasteiger partial charge in [0, 0.05) is 12.2 Å². The zero-order valence-corrected chi connectivity index (χ0v) is 15.9. The van der Waals surface area contributed by atoms with Crippen molar-refractivity contribution in [1.29, 1.82) is 0 Å². The maximum absolute atomic E-state index is 12.6. The standard InChI is InChI=1S/C22H26N2O3/c1-3-16-4-8-18(9-5-16)24-21(26)22(13-14-22)20(25)23-15-12-17-6-10-19(27-2)11-7-17/h4-11H,3,12-15H2,1-2H3,(H,23,25)(H,24,26). The quantitative estimate of drug-likeness (QED) is 0.704. The Balaban J connectivity index is 1.51. The van der Waals surface area contributed by atoms with Crippen LogP contribution in [0.4, 0.5) is 5.69 Å². The van der Waals surface area contributed by atoms with E-state index in [-0.39, 0.29) is 11.8 Å². The van der Waals surface area contributed by atoms with Crippen molar-refractivity contribution in [3.8, 4) is 5.75 Å². The van der Waals surface area contributed by atoms with Crippen LogP contribution in [0.2, 0.25) is 0 Å². The molecule has 1 saturated carbocycles. The van der Waals surface area contributed by atoms with Crippen LogP contribution in [0.3, 0.4) is 0 Å². The van der Waals surface area contributed by atoms with E-state index in [2.05, 4.69) is 17.6 Å². The number of methoxy groups -OCH3 is 1. The monoisotopic (exact) mass is 366 g/mol. The highest BCUT2D eigenvalue weighted by atomic mass is 16.5. The lowest BCUT2D eigenvalue weighted by atomic mass is 10.0. The Hall–Kier alpha value is -2.82. The smallest absolute Gasteiger partial charge is 0.240 e. The molecule has 0 atom stereocenters. The number of hydrogen-bond donors (Lipinski definition) is 2. The molecule has 2 N–H and O–H groups in total. The second kappa shape index (κ2) is 8.25. The number of rotatable bonds is 8. The van der Waals surface area contributed by atoms with E-state index in [1.807, 2.05) is 48.5 Å². The molecule has 5 nitrogen and oxygen atoms in total. The summed E-state index contributed by atoms with van der Waals surface area (Å²) < 4.78 is 5.14. The molecule has 0 heterocycles. The predicted octanol–water partition coefficient (Wildman–Crippen LogP) is 3.34. The lowest BCUT2D eigenvalue weighted by Gasteiger charge is -2.15. The van der Waals surface area contributed by atoms with E-state index in [0.29, 0.717) is 25.8 Å². The summed E-state index contributed by atoms with van der Waals surface area (Å²) >= 11 is 0. The Labute approximate surface area is 160 Å². The Morgan fingerprint density at radius 3 is 2.15 bits per heavy atom. The van der Waals surface area contributed by atoms with Gasteiger partial charge >= 0.3 is 0 Å². The molecule has 2 aromatic rings. The van der Waals surface area contributed by atoms with E-state index in [1.54, 1.807) is 7.11 Å². The van der Waals surface area contributed by atoms with E-state index in [4.69, 9.17) is 4.74 Å². The van der Waals surface area contributed by atoms with Crippen molar-refractivity contribution in [1.82, 2.24) is 5.32 Å². The lowest BCUT2D eigenvalue weighted by molar-refractivity contribution is -0.134. The van der Waals surface area contributed by atoms with Crippen molar-refractivity contribution in [2.24, 2.45) is 5.41 Å². The van der Waals surface area contributed by atoms with Crippen molar-refractivity contribution >= 4 is 17.5 Å². The van der Waals surface area contributed by atoms with E-state index >= 15 is 0 Å². The van der Waals surface area contributed by atoms with Gasteiger partial charge < -0.3 is 15.4 Å². The number of aryl methyl sites for hydroxylation is 1. The van der Waals surface area contributed by atoms with Gasteiger partial charge in [-0.2, -0.15) is 0 Å². The molecular formula is C22H26N2O3. The maximum atomic E-state index is 12.6. The van der Waals surface area contributed by atoms with Gasteiger partial charge in [-0.25, -0.2) is 0 Å². The van der Waals surface area contributed by atoms with Crippen LogP contribution in [0, 0.1) is 5.41 Å². The van der Waals surface area contributed by atoms with E-state index in [0.717, 1.165) is 23.4 Å². The Kier molecular flexibility index (Phi) is 5.79. The minimum absolute atomic E-state index is 0.182. The molecule has 3 rings (SSSR count). The molecule has 0 bridgehead atoms. The van der Waals surface area contributed by atoms with Crippen LogP contribution in [0.5, 0.6) is 5.75 Å². The molecular weight excluding hydrogens is 340 g/mol. The number of carbonyl (C=O) groups excluding carboxylic acids is 2. The number of amides is 2. The highest BCUT2D eigenvalue weighted by Crippen LogP contribution is 2.46. The summed E-state index contributed by atoms with van der Waals surface area (Å²) in [7, 11) is 1.63. The molecule has 5 heteroatoms. The number of benzene rings is 2. The first-order valence-corrected chi connectivity index (χ1v) is 9.39. The molecule has 2 aromatic carbocycles. The van der Waals surface area contributed by atoms with Crippen LogP contribution in [-0.2, 0) is 22.4 Å². The van der Waals surface area contributed by atoms with Crippen LogP contribution < -0.4 is 15.4 Å². The molecule has 1 fully saturated rings.